The minimum absolute atomic E-state index is 0.102. The summed E-state index contributed by atoms with van der Waals surface area (Å²) < 4.78 is 3.16. The van der Waals surface area contributed by atoms with Crippen molar-refractivity contribution in [1.29, 1.82) is 0 Å². The maximum atomic E-state index is 12.8. The molecule has 1 atom stereocenters. The lowest BCUT2D eigenvalue weighted by Crippen LogP contribution is -2.42. The smallest absolute Gasteiger partial charge is 0.264 e. The van der Waals surface area contributed by atoms with Crippen molar-refractivity contribution >= 4 is 22.8 Å². The Bertz CT molecular complexity index is 1120. The van der Waals surface area contributed by atoms with Crippen LogP contribution in [0.5, 0.6) is 0 Å². The van der Waals surface area contributed by atoms with Gasteiger partial charge >= 0.3 is 0 Å². The van der Waals surface area contributed by atoms with Crippen molar-refractivity contribution in [3.63, 3.8) is 0 Å². The van der Waals surface area contributed by atoms with E-state index in [1.165, 1.54) is 18.1 Å². The van der Waals surface area contributed by atoms with Crippen molar-refractivity contribution in [3.8, 4) is 0 Å². The topological polar surface area (TPSA) is 111 Å². The third-order valence-electron chi connectivity index (χ3n) is 5.03. The Labute approximate surface area is 166 Å². The number of nitrogens with zero attached hydrogens (tertiary/aromatic N) is 4. The summed E-state index contributed by atoms with van der Waals surface area (Å²) in [5, 5.41) is 10.1. The molecule has 1 aromatic carbocycles. The van der Waals surface area contributed by atoms with Crippen LogP contribution in [0.1, 0.15) is 24.0 Å². The molecule has 2 amide bonds. The molecule has 1 aliphatic rings. The molecule has 9 nitrogen and oxygen atoms in total. The predicted octanol–water partition coefficient (Wildman–Crippen LogP) is 0.345. The number of fused-ring (bicyclic) bond motifs is 1. The molecule has 29 heavy (non-hydrogen) atoms. The van der Waals surface area contributed by atoms with E-state index < -0.39 is 6.04 Å². The predicted molar refractivity (Wildman–Crippen MR) is 106 cm³/mol. The Kier molecular flexibility index (Phi) is 5.11. The first kappa shape index (κ1) is 18.9. The molecule has 3 heterocycles. The van der Waals surface area contributed by atoms with Gasteiger partial charge in [-0.2, -0.15) is 5.10 Å². The highest BCUT2D eigenvalue weighted by atomic mass is 16.2. The normalized spacial score (nSPS) is 16.2. The number of aromatic nitrogens is 4. The Morgan fingerprint density at radius 2 is 2.07 bits per heavy atom. The highest BCUT2D eigenvalue weighted by molar-refractivity contribution is 5.90. The van der Waals surface area contributed by atoms with Crippen molar-refractivity contribution in [3.05, 3.63) is 58.3 Å². The van der Waals surface area contributed by atoms with Gasteiger partial charge < -0.3 is 10.6 Å². The fourth-order valence-electron chi connectivity index (χ4n) is 3.38. The summed E-state index contributed by atoms with van der Waals surface area (Å²) in [7, 11) is 0. The van der Waals surface area contributed by atoms with Gasteiger partial charge in [0.15, 0.2) is 5.65 Å². The number of hydrogen-bond donors (Lipinski definition) is 2. The fourth-order valence-corrected chi connectivity index (χ4v) is 3.38. The van der Waals surface area contributed by atoms with Gasteiger partial charge in [-0.15, -0.1) is 0 Å². The number of carbonyl (C=O) groups excluding carboxylic acids is 2. The van der Waals surface area contributed by atoms with Gasteiger partial charge in [-0.3, -0.25) is 19.0 Å². The van der Waals surface area contributed by atoms with Crippen LogP contribution in [0.4, 0.5) is 0 Å². The summed E-state index contributed by atoms with van der Waals surface area (Å²) in [6, 6.07) is 7.53. The molecule has 1 aliphatic heterocycles. The van der Waals surface area contributed by atoms with E-state index in [-0.39, 0.29) is 17.4 Å². The van der Waals surface area contributed by atoms with E-state index in [0.29, 0.717) is 43.5 Å². The summed E-state index contributed by atoms with van der Waals surface area (Å²) >= 11 is 0. The Morgan fingerprint density at radius 3 is 2.79 bits per heavy atom. The van der Waals surface area contributed by atoms with Gasteiger partial charge in [0.25, 0.3) is 5.56 Å². The molecule has 0 saturated carbocycles. The summed E-state index contributed by atoms with van der Waals surface area (Å²) in [6.45, 7) is 3.17. The first-order valence-electron chi connectivity index (χ1n) is 9.55. The zero-order valence-electron chi connectivity index (χ0n) is 16.1. The minimum Gasteiger partial charge on any atom is -0.352 e. The number of hydrogen-bond acceptors (Lipinski definition) is 5. The highest BCUT2D eigenvalue weighted by Gasteiger charge is 2.26. The van der Waals surface area contributed by atoms with Gasteiger partial charge in [0, 0.05) is 13.0 Å². The second-order valence-corrected chi connectivity index (χ2v) is 7.22. The third-order valence-corrected chi connectivity index (χ3v) is 5.03. The summed E-state index contributed by atoms with van der Waals surface area (Å²) in [5.74, 6) is -0.310. The summed E-state index contributed by atoms with van der Waals surface area (Å²) in [4.78, 5) is 40.4. The molecular formula is C20H22N6O3. The van der Waals surface area contributed by atoms with Crippen LogP contribution in [0.2, 0.25) is 0 Å². The van der Waals surface area contributed by atoms with Gasteiger partial charge in [-0.25, -0.2) is 9.67 Å². The van der Waals surface area contributed by atoms with E-state index in [2.05, 4.69) is 20.7 Å². The van der Waals surface area contributed by atoms with E-state index in [1.807, 2.05) is 31.2 Å². The van der Waals surface area contributed by atoms with Crippen molar-refractivity contribution in [1.82, 2.24) is 30.0 Å². The Morgan fingerprint density at radius 1 is 1.28 bits per heavy atom. The van der Waals surface area contributed by atoms with Crippen molar-refractivity contribution in [2.24, 2.45) is 0 Å². The van der Waals surface area contributed by atoms with Gasteiger partial charge in [-0.05, 0) is 18.9 Å². The van der Waals surface area contributed by atoms with E-state index in [4.69, 9.17) is 0 Å². The average molecular weight is 394 g/mol. The van der Waals surface area contributed by atoms with E-state index in [9.17, 15) is 14.4 Å². The molecule has 3 aromatic rings. The Balaban J connectivity index is 1.43. The summed E-state index contributed by atoms with van der Waals surface area (Å²) in [6.07, 6.45) is 3.92. The van der Waals surface area contributed by atoms with Gasteiger partial charge in [0.2, 0.25) is 11.8 Å². The molecule has 1 unspecified atom stereocenters. The molecule has 0 radical (unpaired) electrons. The second kappa shape index (κ2) is 7.86. The fraction of sp³-hybridized carbons (Fsp3) is 0.350. The van der Waals surface area contributed by atoms with Crippen LogP contribution in [-0.2, 0) is 22.7 Å². The molecule has 0 spiro atoms. The maximum Gasteiger partial charge on any atom is 0.264 e. The molecule has 9 heteroatoms. The van der Waals surface area contributed by atoms with Crippen LogP contribution >= 0.6 is 0 Å². The number of aryl methyl sites for hydroxylation is 1. The van der Waals surface area contributed by atoms with E-state index in [0.717, 1.165) is 5.56 Å². The monoisotopic (exact) mass is 394 g/mol. The maximum absolute atomic E-state index is 12.8. The minimum atomic E-state index is -0.469. The molecule has 0 bridgehead atoms. The molecule has 150 valence electrons. The zero-order chi connectivity index (χ0) is 20.4. The molecule has 1 saturated heterocycles. The van der Waals surface area contributed by atoms with Crippen molar-refractivity contribution in [2.45, 2.75) is 38.9 Å². The van der Waals surface area contributed by atoms with Crippen molar-refractivity contribution in [2.75, 3.05) is 6.54 Å². The van der Waals surface area contributed by atoms with E-state index in [1.54, 1.807) is 9.25 Å². The van der Waals surface area contributed by atoms with Gasteiger partial charge in [0.05, 0.1) is 19.3 Å². The molecule has 2 N–H and O–H groups in total. The second-order valence-electron chi connectivity index (χ2n) is 7.22. The quantitative estimate of drug-likeness (QED) is 0.627. The molecule has 0 aliphatic carbocycles. The Hall–Kier alpha value is -3.49. The SMILES string of the molecule is Cc1ccc(Cn2cnc3c(cnn3CCNC(=O)C3CCC(=O)N3)c2=O)cc1. The number of benzene rings is 1. The first-order valence-corrected chi connectivity index (χ1v) is 9.55. The van der Waals surface area contributed by atoms with Gasteiger partial charge in [-0.1, -0.05) is 29.8 Å². The highest BCUT2D eigenvalue weighted by Crippen LogP contribution is 2.09. The third kappa shape index (κ3) is 4.03. The number of carbonyl (C=O) groups is 2. The van der Waals surface area contributed by atoms with Crippen LogP contribution < -0.4 is 16.2 Å². The van der Waals surface area contributed by atoms with Crippen LogP contribution in [0.3, 0.4) is 0 Å². The van der Waals surface area contributed by atoms with Crippen LogP contribution in [-0.4, -0.2) is 43.7 Å². The van der Waals surface area contributed by atoms with Crippen molar-refractivity contribution < 1.29 is 9.59 Å². The van der Waals surface area contributed by atoms with Crippen LogP contribution in [0.25, 0.3) is 11.0 Å². The lowest BCUT2D eigenvalue weighted by atomic mass is 10.1. The zero-order valence-corrected chi connectivity index (χ0v) is 16.1. The summed E-state index contributed by atoms with van der Waals surface area (Å²) in [5.41, 5.74) is 2.52. The first-order chi connectivity index (χ1) is 14.0. The molecular weight excluding hydrogens is 372 g/mol. The molecule has 4 rings (SSSR count). The molecule has 2 aromatic heterocycles. The molecule has 1 fully saturated rings. The number of amides is 2. The number of nitrogens with one attached hydrogen (secondary N) is 2. The van der Waals surface area contributed by atoms with Crippen LogP contribution in [0.15, 0.2) is 41.6 Å². The largest absolute Gasteiger partial charge is 0.352 e. The van der Waals surface area contributed by atoms with Gasteiger partial charge in [0.1, 0.15) is 17.8 Å². The van der Waals surface area contributed by atoms with E-state index >= 15 is 0 Å². The van der Waals surface area contributed by atoms with Crippen LogP contribution in [0, 0.1) is 6.92 Å². The lowest BCUT2D eigenvalue weighted by Gasteiger charge is -2.11. The number of rotatable bonds is 6. The lowest BCUT2D eigenvalue weighted by molar-refractivity contribution is -0.125. The standard InChI is InChI=1S/C20H22N6O3/c1-13-2-4-14(5-3-13)11-25-12-22-18-15(20(25)29)10-23-26(18)9-8-21-19(28)16-6-7-17(27)24-16/h2-5,10,12,16H,6-9,11H2,1H3,(H,21,28)(H,24,27). The average Bonchev–Trinajstić information content (AvgIpc) is 3.32.